The number of para-hydroxylation sites is 2. The van der Waals surface area contributed by atoms with Gasteiger partial charge in [0.15, 0.2) is 0 Å². The van der Waals surface area contributed by atoms with E-state index < -0.39 is 6.17 Å². The molecule has 3 rings (SSSR count). The molecular weight excluding hydrogens is 228 g/mol. The Morgan fingerprint density at radius 2 is 1.44 bits per heavy atom. The highest BCUT2D eigenvalue weighted by molar-refractivity contribution is 6.08. The highest BCUT2D eigenvalue weighted by Crippen LogP contribution is 2.31. The number of aromatic nitrogens is 1. The third kappa shape index (κ3) is 1.39. The van der Waals surface area contributed by atoms with Gasteiger partial charge in [-0.2, -0.15) is 0 Å². The molecule has 0 saturated carbocycles. The van der Waals surface area contributed by atoms with Crippen LogP contribution in [0.5, 0.6) is 0 Å². The molecule has 2 aromatic carbocycles. The molecule has 0 N–H and O–H groups in total. The van der Waals surface area contributed by atoms with Gasteiger partial charge in [-0.25, -0.2) is 0 Å². The number of nitro groups is 1. The van der Waals surface area contributed by atoms with Gasteiger partial charge >= 0.3 is 0 Å². The molecule has 0 radical (unpaired) electrons. The predicted octanol–water partition coefficient (Wildman–Crippen LogP) is 3.59. The van der Waals surface area contributed by atoms with Crippen LogP contribution < -0.4 is 0 Å². The van der Waals surface area contributed by atoms with Crippen LogP contribution in [0.4, 0.5) is 0 Å². The summed E-state index contributed by atoms with van der Waals surface area (Å²) in [4.78, 5) is 10.8. The number of rotatable bonds is 2. The third-order valence-electron chi connectivity index (χ3n) is 3.30. The van der Waals surface area contributed by atoms with Gasteiger partial charge in [0, 0.05) is 22.6 Å². The third-order valence-corrected chi connectivity index (χ3v) is 3.30. The monoisotopic (exact) mass is 240 g/mol. The van der Waals surface area contributed by atoms with Gasteiger partial charge in [0.2, 0.25) is 0 Å². The predicted molar refractivity (Wildman–Crippen MR) is 71.1 cm³/mol. The highest BCUT2D eigenvalue weighted by atomic mass is 16.6. The number of hydrogen-bond donors (Lipinski definition) is 0. The molecule has 0 spiro atoms. The molecule has 1 atom stereocenters. The summed E-state index contributed by atoms with van der Waals surface area (Å²) >= 11 is 0. The van der Waals surface area contributed by atoms with Gasteiger partial charge in [-0.1, -0.05) is 36.4 Å². The van der Waals surface area contributed by atoms with Crippen LogP contribution in [0, 0.1) is 10.1 Å². The summed E-state index contributed by atoms with van der Waals surface area (Å²) in [5.74, 6) is 0. The second kappa shape index (κ2) is 3.84. The Bertz CT molecular complexity index is 692. The smallest absolute Gasteiger partial charge is 0.278 e. The lowest BCUT2D eigenvalue weighted by molar-refractivity contribution is -0.541. The molecule has 0 bridgehead atoms. The van der Waals surface area contributed by atoms with E-state index in [2.05, 4.69) is 0 Å². The average Bonchev–Trinajstić information content (AvgIpc) is 2.72. The van der Waals surface area contributed by atoms with Crippen molar-refractivity contribution < 1.29 is 4.92 Å². The molecule has 4 nitrogen and oxygen atoms in total. The summed E-state index contributed by atoms with van der Waals surface area (Å²) in [6.45, 7) is 1.61. The van der Waals surface area contributed by atoms with Gasteiger partial charge in [0.05, 0.1) is 11.0 Å². The molecule has 0 aliphatic heterocycles. The summed E-state index contributed by atoms with van der Waals surface area (Å²) in [6.07, 6.45) is -0.769. The zero-order valence-corrected chi connectivity index (χ0v) is 9.91. The molecule has 0 amide bonds. The van der Waals surface area contributed by atoms with Crippen molar-refractivity contribution >= 4 is 21.8 Å². The van der Waals surface area contributed by atoms with E-state index in [0.29, 0.717) is 0 Å². The maximum Gasteiger partial charge on any atom is 0.288 e. The largest absolute Gasteiger partial charge is 0.288 e. The van der Waals surface area contributed by atoms with E-state index in [1.54, 1.807) is 11.5 Å². The first-order chi connectivity index (χ1) is 8.70. The van der Waals surface area contributed by atoms with E-state index in [9.17, 15) is 10.1 Å². The Hall–Kier alpha value is -2.36. The SMILES string of the molecule is CC(n1c2ccccc2c2ccccc21)[N+](=O)[O-]. The van der Waals surface area contributed by atoms with Crippen LogP contribution in [-0.4, -0.2) is 9.49 Å². The Balaban J connectivity index is 2.49. The number of benzene rings is 2. The minimum absolute atomic E-state index is 0.265. The minimum Gasteiger partial charge on any atom is -0.278 e. The van der Waals surface area contributed by atoms with Crippen LogP contribution in [0.2, 0.25) is 0 Å². The maximum absolute atomic E-state index is 11.1. The van der Waals surface area contributed by atoms with E-state index in [4.69, 9.17) is 0 Å². The van der Waals surface area contributed by atoms with Crippen LogP contribution in [0.3, 0.4) is 0 Å². The fourth-order valence-electron chi connectivity index (χ4n) is 2.45. The second-order valence-corrected chi connectivity index (χ2v) is 4.32. The van der Waals surface area contributed by atoms with Crippen LogP contribution in [0.1, 0.15) is 13.1 Å². The van der Waals surface area contributed by atoms with Gasteiger partial charge in [-0.05, 0) is 12.1 Å². The van der Waals surface area contributed by atoms with Crippen molar-refractivity contribution in [1.29, 1.82) is 0 Å². The zero-order valence-electron chi connectivity index (χ0n) is 9.91. The van der Waals surface area contributed by atoms with E-state index in [1.165, 1.54) is 0 Å². The van der Waals surface area contributed by atoms with Crippen molar-refractivity contribution in [2.24, 2.45) is 0 Å². The first-order valence-electron chi connectivity index (χ1n) is 5.81. The maximum atomic E-state index is 11.1. The van der Waals surface area contributed by atoms with Gasteiger partial charge in [-0.3, -0.25) is 14.7 Å². The molecule has 4 heteroatoms. The number of nitrogens with zero attached hydrogens (tertiary/aromatic N) is 2. The lowest BCUT2D eigenvalue weighted by atomic mass is 10.2. The van der Waals surface area contributed by atoms with E-state index in [0.717, 1.165) is 21.8 Å². The van der Waals surface area contributed by atoms with Crippen LogP contribution >= 0.6 is 0 Å². The quantitative estimate of drug-likeness (QED) is 0.507. The average molecular weight is 240 g/mol. The fraction of sp³-hybridized carbons (Fsp3) is 0.143. The molecule has 18 heavy (non-hydrogen) atoms. The topological polar surface area (TPSA) is 48.1 Å². The van der Waals surface area contributed by atoms with Crippen molar-refractivity contribution in [3.8, 4) is 0 Å². The summed E-state index contributed by atoms with van der Waals surface area (Å²) in [7, 11) is 0. The van der Waals surface area contributed by atoms with Crippen molar-refractivity contribution in [3.05, 3.63) is 58.6 Å². The lowest BCUT2D eigenvalue weighted by Gasteiger charge is -2.08. The molecule has 1 unspecified atom stereocenters. The summed E-state index contributed by atoms with van der Waals surface area (Å²) < 4.78 is 1.78. The van der Waals surface area contributed by atoms with Crippen LogP contribution in [0.15, 0.2) is 48.5 Å². The van der Waals surface area contributed by atoms with E-state index in [1.807, 2.05) is 48.5 Å². The first-order valence-corrected chi connectivity index (χ1v) is 5.81. The zero-order chi connectivity index (χ0) is 12.7. The number of fused-ring (bicyclic) bond motifs is 3. The van der Waals surface area contributed by atoms with Crippen molar-refractivity contribution in [2.45, 2.75) is 13.1 Å². The van der Waals surface area contributed by atoms with E-state index >= 15 is 0 Å². The Morgan fingerprint density at radius 1 is 1.00 bits per heavy atom. The molecule has 90 valence electrons. The normalized spacial score (nSPS) is 12.9. The molecule has 1 heterocycles. The summed E-state index contributed by atoms with van der Waals surface area (Å²) in [5.41, 5.74) is 1.81. The van der Waals surface area contributed by atoms with Crippen molar-refractivity contribution in [2.75, 3.05) is 0 Å². The first kappa shape index (κ1) is 10.8. The highest BCUT2D eigenvalue weighted by Gasteiger charge is 2.20. The Kier molecular flexibility index (Phi) is 2.30. The Morgan fingerprint density at radius 3 is 1.89 bits per heavy atom. The van der Waals surface area contributed by atoms with Crippen molar-refractivity contribution in [3.63, 3.8) is 0 Å². The molecule has 0 saturated heterocycles. The Labute approximate surface area is 104 Å². The molecular formula is C14H12N2O2. The summed E-state index contributed by atoms with van der Waals surface area (Å²) in [5, 5.41) is 13.2. The summed E-state index contributed by atoms with van der Waals surface area (Å²) in [6, 6.07) is 15.6. The molecule has 0 aliphatic rings. The second-order valence-electron chi connectivity index (χ2n) is 4.32. The molecule has 0 fully saturated rings. The number of hydrogen-bond acceptors (Lipinski definition) is 2. The van der Waals surface area contributed by atoms with E-state index in [-0.39, 0.29) is 4.92 Å². The standard InChI is InChI=1S/C14H12N2O2/c1-10(16(17)18)15-13-8-4-2-6-11(13)12-7-3-5-9-14(12)15/h2-10H,1H3. The van der Waals surface area contributed by atoms with Gasteiger partial charge in [-0.15, -0.1) is 0 Å². The molecule has 0 aliphatic carbocycles. The van der Waals surface area contributed by atoms with Crippen molar-refractivity contribution in [1.82, 2.24) is 4.57 Å². The van der Waals surface area contributed by atoms with Gasteiger partial charge in [0.1, 0.15) is 0 Å². The van der Waals surface area contributed by atoms with Crippen LogP contribution in [-0.2, 0) is 0 Å². The molecule has 3 aromatic rings. The van der Waals surface area contributed by atoms with Gasteiger partial charge < -0.3 is 0 Å². The lowest BCUT2D eigenvalue weighted by Crippen LogP contribution is -2.14. The van der Waals surface area contributed by atoms with Gasteiger partial charge in [0.25, 0.3) is 6.17 Å². The fourth-order valence-corrected chi connectivity index (χ4v) is 2.45. The minimum atomic E-state index is -0.769. The van der Waals surface area contributed by atoms with Crippen LogP contribution in [0.25, 0.3) is 21.8 Å². The molecule has 1 aromatic heterocycles.